The van der Waals surface area contributed by atoms with Crippen LogP contribution in [0, 0.1) is 3.57 Å². The van der Waals surface area contributed by atoms with Crippen molar-refractivity contribution >= 4 is 34.4 Å². The van der Waals surface area contributed by atoms with Gasteiger partial charge in [0.15, 0.2) is 0 Å². The quantitative estimate of drug-likeness (QED) is 0.647. The van der Waals surface area contributed by atoms with Crippen molar-refractivity contribution in [3.05, 3.63) is 15.1 Å². The topological polar surface area (TPSA) is 87.3 Å². The van der Waals surface area contributed by atoms with Crippen LogP contribution in [0.2, 0.25) is 0 Å². The number of aromatic nitrogens is 2. The van der Waals surface area contributed by atoms with Crippen LogP contribution >= 0.6 is 22.6 Å². The molecule has 0 saturated carbocycles. The summed E-state index contributed by atoms with van der Waals surface area (Å²) in [7, 11) is 2.79. The molecule has 0 spiro atoms. The molecule has 1 aromatic rings. The minimum atomic E-state index is -0.615. The second-order valence-corrected chi connectivity index (χ2v) is 3.70. The average Bonchev–Trinajstić information content (AvgIpc) is 2.23. The molecule has 0 atom stereocenters. The van der Waals surface area contributed by atoms with E-state index in [-0.39, 0.29) is 18.2 Å². The first-order valence-corrected chi connectivity index (χ1v) is 5.07. The predicted octanol–water partition coefficient (Wildman–Crippen LogP) is 0.596. The fourth-order valence-electron chi connectivity index (χ4n) is 0.928. The van der Waals surface area contributed by atoms with Gasteiger partial charge in [0.05, 0.1) is 23.0 Å². The Bertz CT molecular complexity index is 384. The molecule has 1 aromatic heterocycles. The maximum atomic E-state index is 11.2. The van der Waals surface area contributed by atoms with Crippen molar-refractivity contribution in [3.63, 3.8) is 0 Å². The molecule has 1 heterocycles. The SMILES string of the molecule is COCc1nc(C(=O)OC)nc(N)c1I. The second-order valence-electron chi connectivity index (χ2n) is 2.62. The number of nitrogens with zero attached hydrogens (tertiary/aromatic N) is 2. The molecular formula is C8H10IN3O3. The standard InChI is InChI=1S/C8H10IN3O3/c1-14-3-4-5(9)6(10)12-7(11-4)8(13)15-2/h3H2,1-2H3,(H2,10,11,12). The van der Waals surface area contributed by atoms with Gasteiger partial charge in [-0.1, -0.05) is 0 Å². The van der Waals surface area contributed by atoms with E-state index in [1.807, 2.05) is 22.6 Å². The average molecular weight is 323 g/mol. The molecule has 15 heavy (non-hydrogen) atoms. The molecule has 6 nitrogen and oxygen atoms in total. The Morgan fingerprint density at radius 2 is 2.13 bits per heavy atom. The van der Waals surface area contributed by atoms with Crippen molar-refractivity contribution in [1.29, 1.82) is 0 Å². The Labute approximate surface area is 100 Å². The van der Waals surface area contributed by atoms with Gasteiger partial charge in [0.25, 0.3) is 0 Å². The Morgan fingerprint density at radius 3 is 2.67 bits per heavy atom. The van der Waals surface area contributed by atoms with E-state index in [0.717, 1.165) is 0 Å². The highest BCUT2D eigenvalue weighted by Crippen LogP contribution is 2.17. The zero-order valence-electron chi connectivity index (χ0n) is 8.28. The molecule has 0 radical (unpaired) electrons. The van der Waals surface area contributed by atoms with Crippen LogP contribution in [0.25, 0.3) is 0 Å². The van der Waals surface area contributed by atoms with E-state index in [9.17, 15) is 4.79 Å². The number of carbonyl (C=O) groups is 1. The van der Waals surface area contributed by atoms with E-state index in [4.69, 9.17) is 10.5 Å². The van der Waals surface area contributed by atoms with Crippen molar-refractivity contribution in [1.82, 2.24) is 9.97 Å². The van der Waals surface area contributed by atoms with Gasteiger partial charge in [-0.25, -0.2) is 14.8 Å². The maximum absolute atomic E-state index is 11.2. The van der Waals surface area contributed by atoms with Gasteiger partial charge >= 0.3 is 5.97 Å². The summed E-state index contributed by atoms with van der Waals surface area (Å²) in [5.74, 6) is -0.420. The fourth-order valence-corrected chi connectivity index (χ4v) is 1.32. The summed E-state index contributed by atoms with van der Waals surface area (Å²) in [6.07, 6.45) is 0. The van der Waals surface area contributed by atoms with Gasteiger partial charge in [-0.2, -0.15) is 0 Å². The third kappa shape index (κ3) is 2.75. The lowest BCUT2D eigenvalue weighted by atomic mass is 10.4. The number of halogens is 1. The summed E-state index contributed by atoms with van der Waals surface area (Å²) in [6.45, 7) is 0.273. The molecule has 0 fully saturated rings. The molecule has 0 aliphatic rings. The predicted molar refractivity (Wildman–Crippen MR) is 61.2 cm³/mol. The molecule has 0 unspecified atom stereocenters. The number of hydrogen-bond donors (Lipinski definition) is 1. The first-order valence-electron chi connectivity index (χ1n) is 3.99. The van der Waals surface area contributed by atoms with Gasteiger partial charge in [0.1, 0.15) is 5.82 Å². The molecule has 7 heteroatoms. The Hall–Kier alpha value is -0.960. The van der Waals surface area contributed by atoms with Crippen LogP contribution in [0.1, 0.15) is 16.3 Å². The largest absolute Gasteiger partial charge is 0.463 e. The Kier molecular flexibility index (Phi) is 4.21. The van der Waals surface area contributed by atoms with E-state index in [1.165, 1.54) is 14.2 Å². The number of nitrogens with two attached hydrogens (primary N) is 1. The maximum Gasteiger partial charge on any atom is 0.376 e. The minimum absolute atomic E-state index is 0.0533. The van der Waals surface area contributed by atoms with Gasteiger partial charge in [0, 0.05) is 7.11 Å². The van der Waals surface area contributed by atoms with Gasteiger partial charge in [0.2, 0.25) is 5.82 Å². The van der Waals surface area contributed by atoms with Crippen LogP contribution in [0.3, 0.4) is 0 Å². The molecule has 0 aromatic carbocycles. The fraction of sp³-hybridized carbons (Fsp3) is 0.375. The number of hydrogen-bond acceptors (Lipinski definition) is 6. The zero-order valence-corrected chi connectivity index (χ0v) is 10.4. The number of nitrogen functional groups attached to an aromatic ring is 1. The summed E-state index contributed by atoms with van der Waals surface area (Å²) in [6, 6.07) is 0. The summed E-state index contributed by atoms with van der Waals surface area (Å²) in [5, 5.41) is 0. The number of carbonyl (C=O) groups excluding carboxylic acids is 1. The van der Waals surface area contributed by atoms with Gasteiger partial charge in [-0.3, -0.25) is 0 Å². The molecule has 0 aliphatic carbocycles. The second kappa shape index (κ2) is 5.21. The first kappa shape index (κ1) is 12.1. The summed E-state index contributed by atoms with van der Waals surface area (Å²) in [4.78, 5) is 19.0. The number of anilines is 1. The molecule has 0 aliphatic heterocycles. The van der Waals surface area contributed by atoms with E-state index >= 15 is 0 Å². The number of rotatable bonds is 3. The summed E-state index contributed by atoms with van der Waals surface area (Å²) < 4.78 is 10.1. The molecule has 0 saturated heterocycles. The van der Waals surface area contributed by atoms with E-state index in [2.05, 4.69) is 14.7 Å². The van der Waals surface area contributed by atoms with Crippen LogP contribution in [0.4, 0.5) is 5.82 Å². The minimum Gasteiger partial charge on any atom is -0.463 e. The lowest BCUT2D eigenvalue weighted by molar-refractivity contribution is 0.0585. The van der Waals surface area contributed by atoms with E-state index < -0.39 is 5.97 Å². The lowest BCUT2D eigenvalue weighted by Gasteiger charge is -2.06. The van der Waals surface area contributed by atoms with Crippen molar-refractivity contribution in [3.8, 4) is 0 Å². The molecule has 82 valence electrons. The van der Waals surface area contributed by atoms with Crippen LogP contribution < -0.4 is 5.73 Å². The van der Waals surface area contributed by atoms with Gasteiger partial charge < -0.3 is 15.2 Å². The Morgan fingerprint density at radius 1 is 1.47 bits per heavy atom. The lowest BCUT2D eigenvalue weighted by Crippen LogP contribution is -2.13. The smallest absolute Gasteiger partial charge is 0.376 e. The normalized spacial score (nSPS) is 10.1. The molecule has 0 amide bonds. The summed E-state index contributed by atoms with van der Waals surface area (Å²) in [5.41, 5.74) is 6.20. The monoisotopic (exact) mass is 323 g/mol. The number of methoxy groups -OCH3 is 2. The molecule has 0 bridgehead atoms. The van der Waals surface area contributed by atoms with Crippen LogP contribution in [0.15, 0.2) is 0 Å². The van der Waals surface area contributed by atoms with Gasteiger partial charge in [-0.05, 0) is 22.6 Å². The third-order valence-electron chi connectivity index (χ3n) is 1.59. The van der Waals surface area contributed by atoms with Crippen molar-refractivity contribution in [2.45, 2.75) is 6.61 Å². The first-order chi connectivity index (χ1) is 7.10. The van der Waals surface area contributed by atoms with Gasteiger partial charge in [-0.15, -0.1) is 0 Å². The van der Waals surface area contributed by atoms with E-state index in [0.29, 0.717) is 9.26 Å². The highest BCUT2D eigenvalue weighted by molar-refractivity contribution is 14.1. The third-order valence-corrected chi connectivity index (χ3v) is 2.77. The van der Waals surface area contributed by atoms with Crippen LogP contribution in [0.5, 0.6) is 0 Å². The number of esters is 1. The number of ether oxygens (including phenoxy) is 2. The molecular weight excluding hydrogens is 313 g/mol. The van der Waals surface area contributed by atoms with Crippen molar-refractivity contribution < 1.29 is 14.3 Å². The highest BCUT2D eigenvalue weighted by atomic mass is 127. The van der Waals surface area contributed by atoms with E-state index in [1.54, 1.807) is 0 Å². The summed E-state index contributed by atoms with van der Waals surface area (Å²) >= 11 is 2.00. The highest BCUT2D eigenvalue weighted by Gasteiger charge is 2.15. The van der Waals surface area contributed by atoms with Crippen molar-refractivity contribution in [2.75, 3.05) is 20.0 Å². The Balaban J connectivity index is 3.16. The van der Waals surface area contributed by atoms with Crippen LogP contribution in [-0.2, 0) is 16.1 Å². The molecule has 2 N–H and O–H groups in total. The molecule has 1 rings (SSSR count). The van der Waals surface area contributed by atoms with Crippen molar-refractivity contribution in [2.24, 2.45) is 0 Å². The van der Waals surface area contributed by atoms with Crippen LogP contribution in [-0.4, -0.2) is 30.2 Å². The zero-order chi connectivity index (χ0) is 11.4.